The van der Waals surface area contributed by atoms with Crippen LogP contribution >= 0.6 is 0 Å². The standard InChI is InChI=1S/C27H23N3O2/c31-26(29-24-15-7-5-13-21(24)27(32)30-16-8-9-17-30)22-18-25(19-10-2-1-3-11-19)28-23-14-6-4-12-20(22)23/h1-7,10-15,18H,8-9,16-17H2,(H,29,31). The van der Waals surface area contributed by atoms with Gasteiger partial charge in [0.15, 0.2) is 0 Å². The van der Waals surface area contributed by atoms with Gasteiger partial charge in [0, 0.05) is 24.0 Å². The summed E-state index contributed by atoms with van der Waals surface area (Å²) in [5, 5.41) is 3.76. The van der Waals surface area contributed by atoms with Crippen molar-refractivity contribution in [2.45, 2.75) is 12.8 Å². The molecule has 0 saturated carbocycles. The van der Waals surface area contributed by atoms with Crippen molar-refractivity contribution in [3.05, 3.63) is 96.1 Å². The third-order valence-electron chi connectivity index (χ3n) is 5.83. The van der Waals surface area contributed by atoms with Crippen LogP contribution in [-0.4, -0.2) is 34.8 Å². The first-order valence-electron chi connectivity index (χ1n) is 10.9. The zero-order valence-corrected chi connectivity index (χ0v) is 17.6. The molecule has 0 radical (unpaired) electrons. The van der Waals surface area contributed by atoms with E-state index in [1.54, 1.807) is 12.1 Å². The molecule has 0 bridgehead atoms. The summed E-state index contributed by atoms with van der Waals surface area (Å²) in [6.07, 6.45) is 2.04. The van der Waals surface area contributed by atoms with Gasteiger partial charge in [0.05, 0.1) is 28.0 Å². The second kappa shape index (κ2) is 8.63. The lowest BCUT2D eigenvalue weighted by Gasteiger charge is -2.18. The molecule has 4 aromatic rings. The van der Waals surface area contributed by atoms with Gasteiger partial charge in [0.25, 0.3) is 11.8 Å². The van der Waals surface area contributed by atoms with Crippen molar-refractivity contribution in [3.63, 3.8) is 0 Å². The minimum absolute atomic E-state index is 0.0389. The van der Waals surface area contributed by atoms with Crippen molar-refractivity contribution in [1.29, 1.82) is 0 Å². The summed E-state index contributed by atoms with van der Waals surface area (Å²) in [4.78, 5) is 33.0. The normalized spacial score (nSPS) is 13.3. The van der Waals surface area contributed by atoms with Crippen molar-refractivity contribution >= 4 is 28.4 Å². The molecule has 158 valence electrons. The highest BCUT2D eigenvalue weighted by Gasteiger charge is 2.23. The Morgan fingerprint density at radius 3 is 2.28 bits per heavy atom. The second-order valence-corrected chi connectivity index (χ2v) is 7.94. The Kier molecular flexibility index (Phi) is 5.38. The van der Waals surface area contributed by atoms with Crippen molar-refractivity contribution in [2.75, 3.05) is 18.4 Å². The molecule has 2 amide bonds. The largest absolute Gasteiger partial charge is 0.339 e. The van der Waals surface area contributed by atoms with Crippen molar-refractivity contribution < 1.29 is 9.59 Å². The third-order valence-corrected chi connectivity index (χ3v) is 5.83. The minimum Gasteiger partial charge on any atom is -0.339 e. The van der Waals surface area contributed by atoms with E-state index in [9.17, 15) is 9.59 Å². The Morgan fingerprint density at radius 2 is 1.47 bits per heavy atom. The fourth-order valence-electron chi connectivity index (χ4n) is 4.18. The Morgan fingerprint density at radius 1 is 0.781 bits per heavy atom. The van der Waals surface area contributed by atoms with E-state index in [2.05, 4.69) is 5.32 Å². The molecule has 5 heteroatoms. The van der Waals surface area contributed by atoms with E-state index in [0.717, 1.165) is 48.1 Å². The molecule has 1 aromatic heterocycles. The van der Waals surface area contributed by atoms with Crippen LogP contribution in [0, 0.1) is 0 Å². The topological polar surface area (TPSA) is 62.3 Å². The third kappa shape index (κ3) is 3.85. The Balaban J connectivity index is 1.53. The lowest BCUT2D eigenvalue weighted by Crippen LogP contribution is -2.28. The van der Waals surface area contributed by atoms with Gasteiger partial charge in [0.1, 0.15) is 0 Å². The number of anilines is 1. The highest BCUT2D eigenvalue weighted by atomic mass is 16.2. The summed E-state index contributed by atoms with van der Waals surface area (Å²) in [5.41, 5.74) is 3.99. The molecule has 32 heavy (non-hydrogen) atoms. The smallest absolute Gasteiger partial charge is 0.256 e. The predicted molar refractivity (Wildman–Crippen MR) is 127 cm³/mol. The summed E-state index contributed by atoms with van der Waals surface area (Å²) in [6, 6.07) is 26.4. The molecule has 1 aliphatic heterocycles. The fraction of sp³-hybridized carbons (Fsp3) is 0.148. The summed E-state index contributed by atoms with van der Waals surface area (Å²) in [7, 11) is 0. The van der Waals surface area contributed by atoms with Gasteiger partial charge in [-0.1, -0.05) is 60.7 Å². The van der Waals surface area contributed by atoms with E-state index in [1.807, 2.05) is 77.7 Å². The number of nitrogens with zero attached hydrogens (tertiary/aromatic N) is 2. The molecule has 0 aliphatic carbocycles. The number of benzene rings is 3. The molecule has 1 fully saturated rings. The van der Waals surface area contributed by atoms with Crippen LogP contribution in [0.4, 0.5) is 5.69 Å². The first kappa shape index (κ1) is 19.9. The first-order chi connectivity index (χ1) is 15.7. The first-order valence-corrected chi connectivity index (χ1v) is 10.9. The maximum Gasteiger partial charge on any atom is 0.256 e. The number of pyridine rings is 1. The number of fused-ring (bicyclic) bond motifs is 1. The molecule has 1 N–H and O–H groups in total. The number of amides is 2. The molecule has 2 heterocycles. The van der Waals surface area contributed by atoms with Gasteiger partial charge in [-0.25, -0.2) is 4.98 Å². The predicted octanol–water partition coefficient (Wildman–Crippen LogP) is 5.39. The maximum atomic E-state index is 13.4. The van der Waals surface area contributed by atoms with Crippen LogP contribution in [0.2, 0.25) is 0 Å². The quantitative estimate of drug-likeness (QED) is 0.481. The Labute approximate surface area is 186 Å². The van der Waals surface area contributed by atoms with Gasteiger partial charge in [0.2, 0.25) is 0 Å². The lowest BCUT2D eigenvalue weighted by molar-refractivity contribution is 0.0794. The molecular formula is C27H23N3O2. The number of carbonyl (C=O) groups is 2. The molecule has 5 rings (SSSR count). The summed E-state index contributed by atoms with van der Waals surface area (Å²) in [6.45, 7) is 1.52. The average Bonchev–Trinajstić information content (AvgIpc) is 3.39. The molecule has 5 nitrogen and oxygen atoms in total. The molecule has 0 atom stereocenters. The number of rotatable bonds is 4. The number of carbonyl (C=O) groups excluding carboxylic acids is 2. The molecular weight excluding hydrogens is 398 g/mol. The number of likely N-dealkylation sites (tertiary alicyclic amines) is 1. The summed E-state index contributed by atoms with van der Waals surface area (Å²) < 4.78 is 0. The summed E-state index contributed by atoms with van der Waals surface area (Å²) >= 11 is 0. The second-order valence-electron chi connectivity index (χ2n) is 7.94. The van der Waals surface area contributed by atoms with E-state index in [0.29, 0.717) is 16.8 Å². The van der Waals surface area contributed by atoms with E-state index >= 15 is 0 Å². The molecule has 3 aromatic carbocycles. The number of hydrogen-bond donors (Lipinski definition) is 1. The lowest BCUT2D eigenvalue weighted by atomic mass is 10.0. The Bertz CT molecular complexity index is 1290. The fourth-order valence-corrected chi connectivity index (χ4v) is 4.18. The average molecular weight is 422 g/mol. The molecule has 0 spiro atoms. The van der Waals surface area contributed by atoms with Crippen molar-refractivity contribution in [2.24, 2.45) is 0 Å². The van der Waals surface area contributed by atoms with Crippen LogP contribution in [0.25, 0.3) is 22.2 Å². The van der Waals surface area contributed by atoms with Gasteiger partial charge in [-0.2, -0.15) is 0 Å². The molecule has 0 unspecified atom stereocenters. The number of para-hydroxylation sites is 2. The van der Waals surface area contributed by atoms with Crippen LogP contribution in [0.5, 0.6) is 0 Å². The maximum absolute atomic E-state index is 13.4. The van der Waals surface area contributed by atoms with Gasteiger partial charge in [-0.15, -0.1) is 0 Å². The minimum atomic E-state index is -0.262. The van der Waals surface area contributed by atoms with Crippen LogP contribution in [-0.2, 0) is 0 Å². The van der Waals surface area contributed by atoms with Crippen LogP contribution in [0.3, 0.4) is 0 Å². The van der Waals surface area contributed by atoms with Crippen LogP contribution in [0.1, 0.15) is 33.6 Å². The highest BCUT2D eigenvalue weighted by Crippen LogP contribution is 2.27. The van der Waals surface area contributed by atoms with E-state index in [1.165, 1.54) is 0 Å². The van der Waals surface area contributed by atoms with Gasteiger partial charge in [-0.05, 0) is 37.1 Å². The van der Waals surface area contributed by atoms with Gasteiger partial charge >= 0.3 is 0 Å². The monoisotopic (exact) mass is 421 g/mol. The van der Waals surface area contributed by atoms with Gasteiger partial charge < -0.3 is 10.2 Å². The Hall–Kier alpha value is -3.99. The SMILES string of the molecule is O=C(Nc1ccccc1C(=O)N1CCCC1)c1cc(-c2ccccc2)nc2ccccc12. The van der Waals surface area contributed by atoms with E-state index in [-0.39, 0.29) is 11.8 Å². The van der Waals surface area contributed by atoms with E-state index in [4.69, 9.17) is 4.98 Å². The highest BCUT2D eigenvalue weighted by molar-refractivity contribution is 6.15. The number of aromatic nitrogens is 1. The van der Waals surface area contributed by atoms with Crippen molar-refractivity contribution in [3.8, 4) is 11.3 Å². The summed E-state index contributed by atoms with van der Waals surface area (Å²) in [5.74, 6) is -0.301. The molecule has 1 aliphatic rings. The van der Waals surface area contributed by atoms with Gasteiger partial charge in [-0.3, -0.25) is 9.59 Å². The zero-order valence-electron chi connectivity index (χ0n) is 17.6. The van der Waals surface area contributed by atoms with E-state index < -0.39 is 0 Å². The number of hydrogen-bond acceptors (Lipinski definition) is 3. The van der Waals surface area contributed by atoms with Crippen LogP contribution in [0.15, 0.2) is 84.9 Å². The number of nitrogens with one attached hydrogen (secondary N) is 1. The van der Waals surface area contributed by atoms with Crippen LogP contribution < -0.4 is 5.32 Å². The van der Waals surface area contributed by atoms with Crippen molar-refractivity contribution in [1.82, 2.24) is 9.88 Å². The molecule has 1 saturated heterocycles. The zero-order chi connectivity index (χ0) is 21.9.